The van der Waals surface area contributed by atoms with Crippen LogP contribution in [0.4, 0.5) is 13.2 Å². The largest absolute Gasteiger partial charge is 0.416 e. The summed E-state index contributed by atoms with van der Waals surface area (Å²) in [5.74, 6) is 0.744. The first-order valence-corrected chi connectivity index (χ1v) is 10.7. The molecule has 2 N–H and O–H groups in total. The Morgan fingerprint density at radius 2 is 1.63 bits per heavy atom. The van der Waals surface area contributed by atoms with E-state index in [0.717, 1.165) is 51.9 Å². The molecule has 156 valence electrons. The zero-order chi connectivity index (χ0) is 21.4. The predicted octanol–water partition coefficient (Wildman–Crippen LogP) is 4.65. The molecule has 0 saturated carbocycles. The summed E-state index contributed by atoms with van der Waals surface area (Å²) in [5, 5.41) is 2.19. The van der Waals surface area contributed by atoms with Crippen LogP contribution in [-0.4, -0.2) is 24.9 Å². The summed E-state index contributed by atoms with van der Waals surface area (Å²) < 4.78 is 64.8. The Morgan fingerprint density at radius 3 is 2.30 bits per heavy atom. The van der Waals surface area contributed by atoms with Crippen molar-refractivity contribution in [1.82, 2.24) is 14.7 Å². The number of fused-ring (bicyclic) bond motifs is 2. The van der Waals surface area contributed by atoms with Crippen LogP contribution < -0.4 is 4.72 Å². The Balaban J connectivity index is 1.37. The molecule has 0 atom stereocenters. The van der Waals surface area contributed by atoms with E-state index in [0.29, 0.717) is 12.8 Å². The summed E-state index contributed by atoms with van der Waals surface area (Å²) in [5.41, 5.74) is 0.863. The van der Waals surface area contributed by atoms with Crippen LogP contribution in [0.3, 0.4) is 0 Å². The molecule has 30 heavy (non-hydrogen) atoms. The highest BCUT2D eigenvalue weighted by Crippen LogP contribution is 2.29. The van der Waals surface area contributed by atoms with E-state index in [9.17, 15) is 21.6 Å². The second kappa shape index (κ2) is 7.73. The van der Waals surface area contributed by atoms with Gasteiger partial charge >= 0.3 is 6.18 Å². The van der Waals surface area contributed by atoms with Crippen molar-refractivity contribution >= 4 is 31.8 Å². The van der Waals surface area contributed by atoms with E-state index in [1.165, 1.54) is 0 Å². The Labute approximate surface area is 171 Å². The molecule has 4 rings (SSSR count). The molecular formula is C21H18F3N3O2S. The van der Waals surface area contributed by atoms with E-state index < -0.39 is 21.8 Å². The second-order valence-corrected chi connectivity index (χ2v) is 8.69. The molecule has 0 saturated heterocycles. The lowest BCUT2D eigenvalue weighted by Crippen LogP contribution is -2.25. The molecule has 0 aliphatic heterocycles. The fourth-order valence-electron chi connectivity index (χ4n) is 3.24. The number of rotatable bonds is 6. The molecule has 0 spiro atoms. The molecular weight excluding hydrogens is 415 g/mol. The minimum atomic E-state index is -4.51. The summed E-state index contributed by atoms with van der Waals surface area (Å²) in [6.45, 7) is 0.141. The molecule has 0 fully saturated rings. The van der Waals surface area contributed by atoms with Crippen LogP contribution in [0.1, 0.15) is 17.8 Å². The van der Waals surface area contributed by atoms with Gasteiger partial charge in [-0.1, -0.05) is 24.3 Å². The van der Waals surface area contributed by atoms with Crippen molar-refractivity contribution < 1.29 is 21.6 Å². The van der Waals surface area contributed by atoms with Gasteiger partial charge in [0.25, 0.3) is 0 Å². The van der Waals surface area contributed by atoms with Crippen molar-refractivity contribution in [1.29, 1.82) is 0 Å². The molecule has 0 aliphatic rings. The SMILES string of the molecule is O=S(=O)(NCCCc1nc2cc3ccccc3cc2[nH]1)c1ccc(C(F)(F)F)cc1. The second-order valence-electron chi connectivity index (χ2n) is 6.92. The zero-order valence-corrected chi connectivity index (χ0v) is 16.5. The van der Waals surface area contributed by atoms with E-state index >= 15 is 0 Å². The van der Waals surface area contributed by atoms with Gasteiger partial charge in [-0.2, -0.15) is 13.2 Å². The van der Waals surface area contributed by atoms with Crippen LogP contribution in [0.15, 0.2) is 65.6 Å². The summed E-state index contributed by atoms with van der Waals surface area (Å²) in [7, 11) is -3.88. The first-order chi connectivity index (χ1) is 14.2. The van der Waals surface area contributed by atoms with Gasteiger partial charge in [-0.25, -0.2) is 18.1 Å². The van der Waals surface area contributed by atoms with Crippen molar-refractivity contribution in [2.75, 3.05) is 6.54 Å². The van der Waals surface area contributed by atoms with Gasteiger partial charge in [-0.3, -0.25) is 0 Å². The van der Waals surface area contributed by atoms with E-state index in [1.807, 2.05) is 36.4 Å². The molecule has 9 heteroatoms. The Hall–Kier alpha value is -2.91. The number of sulfonamides is 1. The van der Waals surface area contributed by atoms with Gasteiger partial charge in [0.2, 0.25) is 10.0 Å². The Kier molecular flexibility index (Phi) is 5.25. The van der Waals surface area contributed by atoms with Crippen molar-refractivity contribution in [3.8, 4) is 0 Å². The highest BCUT2D eigenvalue weighted by atomic mass is 32.2. The van der Waals surface area contributed by atoms with Gasteiger partial charge in [-0.15, -0.1) is 0 Å². The normalized spacial score (nSPS) is 12.6. The number of alkyl halides is 3. The highest BCUT2D eigenvalue weighted by molar-refractivity contribution is 7.89. The number of nitrogens with one attached hydrogen (secondary N) is 2. The monoisotopic (exact) mass is 433 g/mol. The summed E-state index contributed by atoms with van der Waals surface area (Å²) in [4.78, 5) is 7.59. The molecule has 0 radical (unpaired) electrons. The maximum atomic E-state index is 12.6. The number of imidazole rings is 1. The van der Waals surface area contributed by atoms with Gasteiger partial charge in [0, 0.05) is 13.0 Å². The average Bonchev–Trinajstić information content (AvgIpc) is 3.10. The number of nitrogens with zero attached hydrogens (tertiary/aromatic N) is 1. The molecule has 0 bridgehead atoms. The van der Waals surface area contributed by atoms with Crippen LogP contribution in [0.2, 0.25) is 0 Å². The Bertz CT molecular complexity index is 1240. The first-order valence-electron chi connectivity index (χ1n) is 9.27. The topological polar surface area (TPSA) is 74.8 Å². The van der Waals surface area contributed by atoms with Crippen LogP contribution in [0.25, 0.3) is 21.8 Å². The molecule has 1 aromatic heterocycles. The third-order valence-corrected chi connectivity index (χ3v) is 6.25. The first kappa shape index (κ1) is 20.4. The number of H-pyrrole nitrogens is 1. The molecule has 3 aromatic carbocycles. The Morgan fingerprint density at radius 1 is 0.967 bits per heavy atom. The molecule has 0 amide bonds. The maximum Gasteiger partial charge on any atom is 0.416 e. The number of aromatic amines is 1. The van der Waals surface area contributed by atoms with Gasteiger partial charge in [0.15, 0.2) is 0 Å². The highest BCUT2D eigenvalue weighted by Gasteiger charge is 2.30. The lowest BCUT2D eigenvalue weighted by molar-refractivity contribution is -0.137. The van der Waals surface area contributed by atoms with Gasteiger partial charge in [0.1, 0.15) is 5.82 Å². The third kappa shape index (κ3) is 4.31. The van der Waals surface area contributed by atoms with Crippen LogP contribution in [-0.2, 0) is 22.6 Å². The van der Waals surface area contributed by atoms with E-state index in [2.05, 4.69) is 14.7 Å². The molecule has 4 aromatic rings. The number of benzene rings is 3. The minimum Gasteiger partial charge on any atom is -0.342 e. The van der Waals surface area contributed by atoms with Crippen LogP contribution >= 0.6 is 0 Å². The number of hydrogen-bond acceptors (Lipinski definition) is 3. The standard InChI is InChI=1S/C21H18F3N3O2S/c22-21(23,24)16-7-9-17(10-8-16)30(28,29)25-11-3-6-20-26-18-12-14-4-1-2-5-15(14)13-19(18)27-20/h1-2,4-5,7-10,12-13,25H,3,6,11H2,(H,26,27). The van der Waals surface area contributed by atoms with Crippen molar-refractivity contribution in [2.45, 2.75) is 23.9 Å². The average molecular weight is 433 g/mol. The van der Waals surface area contributed by atoms with Gasteiger partial charge in [-0.05, 0) is 53.6 Å². The number of halogens is 3. The molecule has 0 unspecified atom stereocenters. The summed E-state index contributed by atoms with van der Waals surface area (Å²) in [6.07, 6.45) is -3.49. The van der Waals surface area contributed by atoms with E-state index in [4.69, 9.17) is 0 Å². The molecule has 0 aliphatic carbocycles. The summed E-state index contributed by atoms with van der Waals surface area (Å²) >= 11 is 0. The predicted molar refractivity (Wildman–Crippen MR) is 109 cm³/mol. The lowest BCUT2D eigenvalue weighted by atomic mass is 10.1. The number of hydrogen-bond donors (Lipinski definition) is 2. The fourth-order valence-corrected chi connectivity index (χ4v) is 4.31. The fraction of sp³-hybridized carbons (Fsp3) is 0.190. The maximum absolute atomic E-state index is 12.6. The summed E-state index contributed by atoms with van der Waals surface area (Å²) in [6, 6.07) is 15.4. The van der Waals surface area contributed by atoms with Crippen LogP contribution in [0, 0.1) is 0 Å². The minimum absolute atomic E-state index is 0.141. The smallest absolute Gasteiger partial charge is 0.342 e. The quantitative estimate of drug-likeness (QED) is 0.435. The lowest BCUT2D eigenvalue weighted by Gasteiger charge is -2.09. The third-order valence-electron chi connectivity index (χ3n) is 4.77. The van der Waals surface area contributed by atoms with Crippen molar-refractivity contribution in [3.05, 3.63) is 72.1 Å². The molecule has 5 nitrogen and oxygen atoms in total. The zero-order valence-electron chi connectivity index (χ0n) is 15.7. The number of aryl methyl sites for hydroxylation is 1. The number of aromatic nitrogens is 2. The van der Waals surface area contributed by atoms with E-state index in [-0.39, 0.29) is 11.4 Å². The van der Waals surface area contributed by atoms with E-state index in [1.54, 1.807) is 0 Å². The molecule has 1 heterocycles. The van der Waals surface area contributed by atoms with Crippen LogP contribution in [0.5, 0.6) is 0 Å². The van der Waals surface area contributed by atoms with Crippen molar-refractivity contribution in [2.24, 2.45) is 0 Å². The van der Waals surface area contributed by atoms with Gasteiger partial charge < -0.3 is 4.98 Å². The van der Waals surface area contributed by atoms with Crippen molar-refractivity contribution in [3.63, 3.8) is 0 Å². The van der Waals surface area contributed by atoms with Gasteiger partial charge in [0.05, 0.1) is 21.5 Å².